The van der Waals surface area contributed by atoms with Gasteiger partial charge in [-0.2, -0.15) is 0 Å². The standard InChI is InChI=1S/C8H15NO2.ClH/c10-7-11-6-3-8-1-4-9-5-2-8;/h7-9H,1-6H2;1H. The van der Waals surface area contributed by atoms with Gasteiger partial charge in [-0.05, 0) is 38.3 Å². The third-order valence-corrected chi connectivity index (χ3v) is 2.17. The second kappa shape index (κ2) is 7.37. The van der Waals surface area contributed by atoms with Crippen molar-refractivity contribution in [3.05, 3.63) is 0 Å². The summed E-state index contributed by atoms with van der Waals surface area (Å²) in [5.74, 6) is 0.760. The highest BCUT2D eigenvalue weighted by molar-refractivity contribution is 5.85. The molecule has 0 bridgehead atoms. The lowest BCUT2D eigenvalue weighted by Crippen LogP contribution is -2.28. The van der Waals surface area contributed by atoms with Crippen LogP contribution in [0.2, 0.25) is 0 Å². The monoisotopic (exact) mass is 193 g/mol. The van der Waals surface area contributed by atoms with Gasteiger partial charge in [0.1, 0.15) is 0 Å². The van der Waals surface area contributed by atoms with Gasteiger partial charge in [-0.3, -0.25) is 4.79 Å². The second-order valence-electron chi connectivity index (χ2n) is 2.95. The number of nitrogens with one attached hydrogen (secondary N) is 1. The number of rotatable bonds is 4. The quantitative estimate of drug-likeness (QED) is 0.534. The van der Waals surface area contributed by atoms with Crippen molar-refractivity contribution in [2.24, 2.45) is 5.92 Å². The van der Waals surface area contributed by atoms with Crippen molar-refractivity contribution < 1.29 is 9.53 Å². The van der Waals surface area contributed by atoms with Crippen LogP contribution in [0.15, 0.2) is 0 Å². The van der Waals surface area contributed by atoms with Crippen LogP contribution in [0.4, 0.5) is 0 Å². The Balaban J connectivity index is 0.00000121. The summed E-state index contributed by atoms with van der Waals surface area (Å²) >= 11 is 0. The van der Waals surface area contributed by atoms with E-state index in [0.717, 1.165) is 25.4 Å². The van der Waals surface area contributed by atoms with Gasteiger partial charge in [0, 0.05) is 0 Å². The normalized spacial score (nSPS) is 18.0. The largest absolute Gasteiger partial charge is 0.468 e. The third-order valence-electron chi connectivity index (χ3n) is 2.17. The maximum atomic E-state index is 9.81. The van der Waals surface area contributed by atoms with E-state index in [9.17, 15) is 4.79 Å². The SMILES string of the molecule is Cl.O=COCCC1CCNCC1. The molecule has 12 heavy (non-hydrogen) atoms. The summed E-state index contributed by atoms with van der Waals surface area (Å²) in [5, 5.41) is 3.29. The Kier molecular flexibility index (Phi) is 7.20. The molecule has 4 heteroatoms. The Hall–Kier alpha value is -0.280. The lowest BCUT2D eigenvalue weighted by molar-refractivity contribution is -0.129. The molecule has 1 fully saturated rings. The van der Waals surface area contributed by atoms with Gasteiger partial charge >= 0.3 is 0 Å². The van der Waals surface area contributed by atoms with E-state index < -0.39 is 0 Å². The van der Waals surface area contributed by atoms with Crippen molar-refractivity contribution >= 4 is 18.9 Å². The van der Waals surface area contributed by atoms with Crippen LogP contribution < -0.4 is 5.32 Å². The van der Waals surface area contributed by atoms with Crippen LogP contribution in [0, 0.1) is 5.92 Å². The fourth-order valence-corrected chi connectivity index (χ4v) is 1.45. The van der Waals surface area contributed by atoms with E-state index >= 15 is 0 Å². The van der Waals surface area contributed by atoms with Gasteiger partial charge < -0.3 is 10.1 Å². The van der Waals surface area contributed by atoms with Crippen molar-refractivity contribution in [2.45, 2.75) is 19.3 Å². The molecule has 1 heterocycles. The van der Waals surface area contributed by atoms with E-state index in [-0.39, 0.29) is 12.4 Å². The van der Waals surface area contributed by atoms with E-state index in [2.05, 4.69) is 10.1 Å². The molecule has 3 nitrogen and oxygen atoms in total. The van der Waals surface area contributed by atoms with Crippen molar-refractivity contribution in [3.8, 4) is 0 Å². The molecule has 0 aliphatic carbocycles. The summed E-state index contributed by atoms with van der Waals surface area (Å²) in [6, 6.07) is 0. The highest BCUT2D eigenvalue weighted by Crippen LogP contribution is 2.15. The average molecular weight is 194 g/mol. The predicted molar refractivity (Wildman–Crippen MR) is 49.5 cm³/mol. The molecular weight excluding hydrogens is 178 g/mol. The smallest absolute Gasteiger partial charge is 0.293 e. The highest BCUT2D eigenvalue weighted by atomic mass is 35.5. The van der Waals surface area contributed by atoms with Crippen molar-refractivity contribution in [1.82, 2.24) is 5.32 Å². The van der Waals surface area contributed by atoms with Gasteiger partial charge in [-0.25, -0.2) is 0 Å². The zero-order valence-electron chi connectivity index (χ0n) is 7.12. The van der Waals surface area contributed by atoms with Gasteiger partial charge in [-0.15, -0.1) is 12.4 Å². The zero-order chi connectivity index (χ0) is 7.94. The molecule has 1 aliphatic rings. The summed E-state index contributed by atoms with van der Waals surface area (Å²) in [6.45, 7) is 3.35. The lowest BCUT2D eigenvalue weighted by atomic mass is 9.95. The minimum Gasteiger partial charge on any atom is -0.468 e. The molecule has 0 aromatic rings. The molecule has 0 spiro atoms. The fourth-order valence-electron chi connectivity index (χ4n) is 1.45. The number of halogens is 1. The molecule has 0 unspecified atom stereocenters. The van der Waals surface area contributed by atoms with Crippen LogP contribution in [0.3, 0.4) is 0 Å². The van der Waals surface area contributed by atoms with Gasteiger partial charge in [0.15, 0.2) is 0 Å². The Bertz CT molecular complexity index is 116. The molecule has 0 atom stereocenters. The molecule has 1 aliphatic heterocycles. The van der Waals surface area contributed by atoms with E-state index in [4.69, 9.17) is 0 Å². The lowest BCUT2D eigenvalue weighted by Gasteiger charge is -2.21. The maximum absolute atomic E-state index is 9.81. The number of piperidine rings is 1. The first-order chi connectivity index (χ1) is 5.43. The molecule has 72 valence electrons. The molecule has 0 aromatic heterocycles. The van der Waals surface area contributed by atoms with Crippen LogP contribution in [0.25, 0.3) is 0 Å². The summed E-state index contributed by atoms with van der Waals surface area (Å²) < 4.78 is 4.64. The van der Waals surface area contributed by atoms with Gasteiger partial charge in [0.25, 0.3) is 6.47 Å². The topological polar surface area (TPSA) is 38.3 Å². The van der Waals surface area contributed by atoms with Crippen molar-refractivity contribution in [2.75, 3.05) is 19.7 Å². The van der Waals surface area contributed by atoms with Crippen LogP contribution in [0.1, 0.15) is 19.3 Å². The number of ether oxygens (including phenoxy) is 1. The number of carbonyl (C=O) groups is 1. The first-order valence-electron chi connectivity index (χ1n) is 4.19. The average Bonchev–Trinajstić information content (AvgIpc) is 2.07. The summed E-state index contributed by atoms with van der Waals surface area (Å²) in [5.41, 5.74) is 0. The van der Waals surface area contributed by atoms with Gasteiger partial charge in [-0.1, -0.05) is 0 Å². The van der Waals surface area contributed by atoms with E-state index in [1.165, 1.54) is 12.8 Å². The minimum atomic E-state index is 0. The summed E-state index contributed by atoms with van der Waals surface area (Å²) in [4.78, 5) is 9.81. The van der Waals surface area contributed by atoms with Crippen molar-refractivity contribution in [1.29, 1.82) is 0 Å². The first kappa shape index (κ1) is 11.7. The summed E-state index contributed by atoms with van der Waals surface area (Å²) in [6.07, 6.45) is 3.48. The number of hydrogen-bond donors (Lipinski definition) is 1. The third kappa shape index (κ3) is 4.57. The number of hydrogen-bond acceptors (Lipinski definition) is 3. The minimum absolute atomic E-state index is 0. The summed E-state index contributed by atoms with van der Waals surface area (Å²) in [7, 11) is 0. The van der Waals surface area contributed by atoms with E-state index in [1.54, 1.807) is 0 Å². The Labute approximate surface area is 79.3 Å². The predicted octanol–water partition coefficient (Wildman–Crippen LogP) is 0.971. The molecule has 1 N–H and O–H groups in total. The number of carbonyl (C=O) groups excluding carboxylic acids is 1. The Morgan fingerprint density at radius 3 is 2.67 bits per heavy atom. The molecule has 0 amide bonds. The zero-order valence-corrected chi connectivity index (χ0v) is 7.94. The second-order valence-corrected chi connectivity index (χ2v) is 2.95. The van der Waals surface area contributed by atoms with Crippen LogP contribution in [0.5, 0.6) is 0 Å². The van der Waals surface area contributed by atoms with Gasteiger partial charge in [0.05, 0.1) is 6.61 Å². The van der Waals surface area contributed by atoms with Crippen LogP contribution in [-0.2, 0) is 9.53 Å². The Morgan fingerprint density at radius 2 is 2.08 bits per heavy atom. The molecule has 0 aromatic carbocycles. The highest BCUT2D eigenvalue weighted by Gasteiger charge is 2.11. The molecule has 0 radical (unpaired) electrons. The maximum Gasteiger partial charge on any atom is 0.293 e. The van der Waals surface area contributed by atoms with Crippen molar-refractivity contribution in [3.63, 3.8) is 0 Å². The molecule has 1 rings (SSSR count). The van der Waals surface area contributed by atoms with Gasteiger partial charge in [0.2, 0.25) is 0 Å². The molecule has 0 saturated carbocycles. The molecule has 1 saturated heterocycles. The van der Waals surface area contributed by atoms with Crippen LogP contribution >= 0.6 is 12.4 Å². The molecular formula is C8H16ClNO2. The Morgan fingerprint density at radius 1 is 1.42 bits per heavy atom. The fraction of sp³-hybridized carbons (Fsp3) is 0.875. The first-order valence-corrected chi connectivity index (χ1v) is 4.19. The van der Waals surface area contributed by atoms with Crippen LogP contribution in [-0.4, -0.2) is 26.2 Å². The van der Waals surface area contributed by atoms with E-state index in [1.807, 2.05) is 0 Å². The van der Waals surface area contributed by atoms with E-state index in [0.29, 0.717) is 13.1 Å².